The minimum absolute atomic E-state index is 0.0890. The molecule has 0 radical (unpaired) electrons. The SMILES string of the molecule is Cc1noc(C)c1CCC(=O)N[C@@H]1CCCN(c2nc3ccccc3s2)C1. The Morgan fingerprint density at radius 2 is 2.22 bits per heavy atom. The van der Waals surface area contributed by atoms with E-state index in [2.05, 4.69) is 21.4 Å². The van der Waals surface area contributed by atoms with E-state index in [9.17, 15) is 4.79 Å². The molecule has 0 saturated carbocycles. The van der Waals surface area contributed by atoms with Crippen molar-refractivity contribution in [3.8, 4) is 0 Å². The van der Waals surface area contributed by atoms with Crippen LogP contribution in [-0.4, -0.2) is 35.2 Å². The minimum Gasteiger partial charge on any atom is -0.361 e. The molecule has 0 aliphatic carbocycles. The van der Waals surface area contributed by atoms with Crippen molar-refractivity contribution in [2.75, 3.05) is 18.0 Å². The van der Waals surface area contributed by atoms with Crippen LogP contribution in [0.4, 0.5) is 5.13 Å². The normalized spacial score (nSPS) is 17.4. The summed E-state index contributed by atoms with van der Waals surface area (Å²) in [4.78, 5) is 19.5. The molecule has 1 aromatic carbocycles. The fourth-order valence-corrected chi connectivity index (χ4v) is 4.66. The quantitative estimate of drug-likeness (QED) is 0.727. The van der Waals surface area contributed by atoms with Crippen LogP contribution in [0.15, 0.2) is 28.8 Å². The number of amides is 1. The molecular formula is C20H24N4O2S. The molecule has 27 heavy (non-hydrogen) atoms. The summed E-state index contributed by atoms with van der Waals surface area (Å²) in [6.45, 7) is 5.62. The van der Waals surface area contributed by atoms with Gasteiger partial charge in [-0.1, -0.05) is 28.6 Å². The van der Waals surface area contributed by atoms with Crippen molar-refractivity contribution >= 4 is 32.6 Å². The molecule has 1 N–H and O–H groups in total. The standard InChI is InChI=1S/C20H24N4O2S/c1-13-16(14(2)26-23-13)9-10-19(25)21-15-6-5-11-24(12-15)20-22-17-7-3-4-8-18(17)27-20/h3-4,7-8,15H,5-6,9-12H2,1-2H3,(H,21,25)/t15-/m1/s1. The second-order valence-corrected chi connectivity index (χ2v) is 8.13. The van der Waals surface area contributed by atoms with E-state index in [0.717, 1.165) is 53.6 Å². The highest BCUT2D eigenvalue weighted by molar-refractivity contribution is 7.22. The number of para-hydroxylation sites is 1. The molecule has 3 aromatic rings. The maximum absolute atomic E-state index is 12.4. The van der Waals surface area contributed by atoms with Crippen molar-refractivity contribution < 1.29 is 9.32 Å². The summed E-state index contributed by atoms with van der Waals surface area (Å²) in [7, 11) is 0. The third-order valence-electron chi connectivity index (χ3n) is 5.12. The van der Waals surface area contributed by atoms with Gasteiger partial charge in [-0.25, -0.2) is 4.98 Å². The Balaban J connectivity index is 1.34. The first-order valence-electron chi connectivity index (χ1n) is 9.42. The van der Waals surface area contributed by atoms with Crippen LogP contribution in [-0.2, 0) is 11.2 Å². The topological polar surface area (TPSA) is 71.3 Å². The fraction of sp³-hybridized carbons (Fsp3) is 0.450. The van der Waals surface area contributed by atoms with Crippen LogP contribution in [0.3, 0.4) is 0 Å². The molecule has 3 heterocycles. The van der Waals surface area contributed by atoms with Gasteiger partial charge in [0.1, 0.15) is 5.76 Å². The summed E-state index contributed by atoms with van der Waals surface area (Å²) in [5.41, 5.74) is 2.97. The Morgan fingerprint density at radius 3 is 3.00 bits per heavy atom. The number of nitrogens with zero attached hydrogens (tertiary/aromatic N) is 3. The Morgan fingerprint density at radius 1 is 1.37 bits per heavy atom. The lowest BCUT2D eigenvalue weighted by molar-refractivity contribution is -0.121. The number of aryl methyl sites for hydroxylation is 2. The van der Waals surface area contributed by atoms with E-state index < -0.39 is 0 Å². The average Bonchev–Trinajstić information content (AvgIpc) is 3.24. The largest absolute Gasteiger partial charge is 0.361 e. The lowest BCUT2D eigenvalue weighted by atomic mass is 10.0. The highest BCUT2D eigenvalue weighted by Crippen LogP contribution is 2.30. The summed E-state index contributed by atoms with van der Waals surface area (Å²) >= 11 is 1.72. The van der Waals surface area contributed by atoms with E-state index in [0.29, 0.717) is 12.8 Å². The van der Waals surface area contributed by atoms with E-state index in [1.54, 1.807) is 11.3 Å². The smallest absolute Gasteiger partial charge is 0.220 e. The number of anilines is 1. The van der Waals surface area contributed by atoms with E-state index in [1.165, 1.54) is 4.70 Å². The molecule has 1 aliphatic heterocycles. The van der Waals surface area contributed by atoms with Gasteiger partial charge in [0.05, 0.1) is 15.9 Å². The summed E-state index contributed by atoms with van der Waals surface area (Å²) in [6, 6.07) is 8.39. The lowest BCUT2D eigenvalue weighted by Crippen LogP contribution is -2.47. The first kappa shape index (κ1) is 18.0. The highest BCUT2D eigenvalue weighted by Gasteiger charge is 2.24. The van der Waals surface area contributed by atoms with Crippen LogP contribution in [0.5, 0.6) is 0 Å². The van der Waals surface area contributed by atoms with Crippen LogP contribution in [0.1, 0.15) is 36.3 Å². The molecule has 0 spiro atoms. The van der Waals surface area contributed by atoms with Crippen LogP contribution in [0, 0.1) is 13.8 Å². The summed E-state index contributed by atoms with van der Waals surface area (Å²) in [5, 5.41) is 8.20. The predicted octanol–water partition coefficient (Wildman–Crippen LogP) is 3.62. The Kier molecular flexibility index (Phi) is 5.11. The molecular weight excluding hydrogens is 360 g/mol. The third kappa shape index (κ3) is 3.98. The van der Waals surface area contributed by atoms with Gasteiger partial charge < -0.3 is 14.7 Å². The minimum atomic E-state index is 0.0890. The van der Waals surface area contributed by atoms with Crippen molar-refractivity contribution in [2.24, 2.45) is 0 Å². The van der Waals surface area contributed by atoms with E-state index in [-0.39, 0.29) is 11.9 Å². The fourth-order valence-electron chi connectivity index (χ4n) is 3.66. The number of fused-ring (bicyclic) bond motifs is 1. The summed E-state index contributed by atoms with van der Waals surface area (Å²) in [6.07, 6.45) is 3.20. The maximum atomic E-state index is 12.4. The Bertz CT molecular complexity index is 896. The molecule has 4 rings (SSSR count). The molecule has 1 amide bonds. The molecule has 7 heteroatoms. The number of hydrogen-bond acceptors (Lipinski definition) is 6. The number of carbonyl (C=O) groups excluding carboxylic acids is 1. The van der Waals surface area contributed by atoms with Gasteiger partial charge in [-0.15, -0.1) is 0 Å². The van der Waals surface area contributed by atoms with Gasteiger partial charge >= 0.3 is 0 Å². The summed E-state index contributed by atoms with van der Waals surface area (Å²) in [5.74, 6) is 0.895. The van der Waals surface area contributed by atoms with Gasteiger partial charge in [-0.05, 0) is 45.2 Å². The van der Waals surface area contributed by atoms with Gasteiger partial charge in [-0.3, -0.25) is 4.79 Å². The zero-order chi connectivity index (χ0) is 18.8. The Hall–Kier alpha value is -2.41. The number of rotatable bonds is 5. The second kappa shape index (κ2) is 7.68. The molecule has 2 aromatic heterocycles. The predicted molar refractivity (Wildman–Crippen MR) is 107 cm³/mol. The van der Waals surface area contributed by atoms with Gasteiger partial charge in [-0.2, -0.15) is 0 Å². The number of piperidine rings is 1. The number of aromatic nitrogens is 2. The maximum Gasteiger partial charge on any atom is 0.220 e. The van der Waals surface area contributed by atoms with Crippen molar-refractivity contribution in [1.29, 1.82) is 0 Å². The molecule has 1 saturated heterocycles. The molecule has 1 atom stereocenters. The first-order valence-corrected chi connectivity index (χ1v) is 10.2. The van der Waals surface area contributed by atoms with Crippen molar-refractivity contribution in [3.05, 3.63) is 41.3 Å². The van der Waals surface area contributed by atoms with Gasteiger partial charge in [0.25, 0.3) is 0 Å². The number of benzene rings is 1. The van der Waals surface area contributed by atoms with Crippen molar-refractivity contribution in [2.45, 2.75) is 45.6 Å². The van der Waals surface area contributed by atoms with Crippen LogP contribution in [0.25, 0.3) is 10.2 Å². The number of thiazole rings is 1. The van der Waals surface area contributed by atoms with Gasteiger partial charge in [0.2, 0.25) is 5.91 Å². The average molecular weight is 385 g/mol. The van der Waals surface area contributed by atoms with Crippen LogP contribution >= 0.6 is 11.3 Å². The number of nitrogens with one attached hydrogen (secondary N) is 1. The van der Waals surface area contributed by atoms with Crippen LogP contribution in [0.2, 0.25) is 0 Å². The zero-order valence-corrected chi connectivity index (χ0v) is 16.5. The monoisotopic (exact) mass is 384 g/mol. The van der Waals surface area contributed by atoms with E-state index in [4.69, 9.17) is 9.51 Å². The third-order valence-corrected chi connectivity index (χ3v) is 6.22. The number of carbonyl (C=O) groups is 1. The number of hydrogen-bond donors (Lipinski definition) is 1. The van der Waals surface area contributed by atoms with E-state index >= 15 is 0 Å². The van der Waals surface area contributed by atoms with E-state index in [1.807, 2.05) is 32.0 Å². The lowest BCUT2D eigenvalue weighted by Gasteiger charge is -2.33. The molecule has 6 nitrogen and oxygen atoms in total. The van der Waals surface area contributed by atoms with Gasteiger partial charge in [0.15, 0.2) is 5.13 Å². The molecule has 1 fully saturated rings. The van der Waals surface area contributed by atoms with Crippen molar-refractivity contribution in [3.63, 3.8) is 0 Å². The second-order valence-electron chi connectivity index (χ2n) is 7.12. The Labute approximate surface area is 162 Å². The highest BCUT2D eigenvalue weighted by atomic mass is 32.1. The summed E-state index contributed by atoms with van der Waals surface area (Å²) < 4.78 is 6.38. The van der Waals surface area contributed by atoms with Crippen molar-refractivity contribution in [1.82, 2.24) is 15.5 Å². The molecule has 0 bridgehead atoms. The zero-order valence-electron chi connectivity index (χ0n) is 15.7. The molecule has 1 aliphatic rings. The van der Waals surface area contributed by atoms with Gasteiger partial charge in [0, 0.05) is 31.1 Å². The van der Waals surface area contributed by atoms with Crippen LogP contribution < -0.4 is 10.2 Å². The molecule has 142 valence electrons. The first-order chi connectivity index (χ1) is 13.1. The molecule has 0 unspecified atom stereocenters.